The number of hydrogen-bond donors (Lipinski definition) is 0. The van der Waals surface area contributed by atoms with Crippen molar-refractivity contribution in [1.82, 2.24) is 0 Å². The molecule has 0 aliphatic heterocycles. The summed E-state index contributed by atoms with van der Waals surface area (Å²) in [5.41, 5.74) is -0.754. The number of nitriles is 1. The Bertz CT molecular complexity index is 765. The number of hydrogen-bond acceptors (Lipinski definition) is 4. The standard InChI is InChI=1S/C19H16BrNO3/c1-2-24-18(23)19(13-21,15-6-4-3-5-7-15)12-17(22)14-8-10-16(20)11-9-14/h3-11H,2,12H2,1H3. The van der Waals surface area contributed by atoms with E-state index in [2.05, 4.69) is 15.9 Å². The first kappa shape index (κ1) is 17.9. The summed E-state index contributed by atoms with van der Waals surface area (Å²) >= 11 is 3.31. The maximum Gasteiger partial charge on any atom is 0.331 e. The number of carbonyl (C=O) groups is 2. The maximum atomic E-state index is 12.6. The lowest BCUT2D eigenvalue weighted by atomic mass is 9.76. The second-order valence-electron chi connectivity index (χ2n) is 5.21. The van der Waals surface area contributed by atoms with Gasteiger partial charge in [0.25, 0.3) is 0 Å². The Morgan fingerprint density at radius 2 is 1.75 bits per heavy atom. The smallest absolute Gasteiger partial charge is 0.331 e. The van der Waals surface area contributed by atoms with E-state index in [1.54, 1.807) is 61.5 Å². The average Bonchev–Trinajstić information content (AvgIpc) is 2.61. The molecule has 2 aromatic carbocycles. The molecule has 24 heavy (non-hydrogen) atoms. The fourth-order valence-electron chi connectivity index (χ4n) is 2.40. The van der Waals surface area contributed by atoms with Gasteiger partial charge in [-0.25, -0.2) is 4.79 Å². The molecule has 2 rings (SSSR count). The Morgan fingerprint density at radius 3 is 2.29 bits per heavy atom. The van der Waals surface area contributed by atoms with Crippen LogP contribution in [0.1, 0.15) is 29.3 Å². The molecule has 1 unspecified atom stereocenters. The number of carbonyl (C=O) groups excluding carboxylic acids is 2. The highest BCUT2D eigenvalue weighted by atomic mass is 79.9. The molecule has 0 fully saturated rings. The summed E-state index contributed by atoms with van der Waals surface area (Å²) in [4.78, 5) is 25.2. The van der Waals surface area contributed by atoms with Crippen LogP contribution >= 0.6 is 15.9 Å². The van der Waals surface area contributed by atoms with E-state index in [4.69, 9.17) is 4.74 Å². The van der Waals surface area contributed by atoms with Crippen LogP contribution in [-0.4, -0.2) is 18.4 Å². The second kappa shape index (κ2) is 7.89. The van der Waals surface area contributed by atoms with E-state index in [1.807, 2.05) is 6.07 Å². The topological polar surface area (TPSA) is 67.2 Å². The van der Waals surface area contributed by atoms with E-state index in [1.165, 1.54) is 0 Å². The van der Waals surface area contributed by atoms with Crippen LogP contribution < -0.4 is 0 Å². The molecule has 0 radical (unpaired) electrons. The lowest BCUT2D eigenvalue weighted by Crippen LogP contribution is -2.38. The number of benzene rings is 2. The van der Waals surface area contributed by atoms with Gasteiger partial charge in [-0.3, -0.25) is 4.79 Å². The third-order valence-electron chi connectivity index (χ3n) is 3.67. The third-order valence-corrected chi connectivity index (χ3v) is 4.20. The number of Topliss-reactive ketones (excluding diaryl/α,β-unsaturated/α-hetero) is 1. The number of ether oxygens (including phenoxy) is 1. The lowest BCUT2D eigenvalue weighted by Gasteiger charge is -2.24. The first-order chi connectivity index (χ1) is 11.5. The molecule has 0 aliphatic rings. The quantitative estimate of drug-likeness (QED) is 0.555. The van der Waals surface area contributed by atoms with Crippen LogP contribution in [0, 0.1) is 11.3 Å². The largest absolute Gasteiger partial charge is 0.465 e. The third kappa shape index (κ3) is 3.72. The number of ketones is 1. The highest BCUT2D eigenvalue weighted by molar-refractivity contribution is 9.10. The summed E-state index contributed by atoms with van der Waals surface area (Å²) < 4.78 is 5.93. The molecule has 5 heteroatoms. The Morgan fingerprint density at radius 1 is 1.12 bits per heavy atom. The minimum Gasteiger partial charge on any atom is -0.465 e. The molecular formula is C19H16BrNO3. The zero-order chi connectivity index (χ0) is 17.6. The van der Waals surface area contributed by atoms with Gasteiger partial charge < -0.3 is 4.74 Å². The summed E-state index contributed by atoms with van der Waals surface area (Å²) in [7, 11) is 0. The normalized spacial score (nSPS) is 12.7. The SMILES string of the molecule is CCOC(=O)C(C#N)(CC(=O)c1ccc(Br)cc1)c1ccccc1. The van der Waals surface area contributed by atoms with Crippen molar-refractivity contribution in [3.8, 4) is 6.07 Å². The van der Waals surface area contributed by atoms with Crippen molar-refractivity contribution in [2.45, 2.75) is 18.8 Å². The Labute approximate surface area is 149 Å². The summed E-state index contributed by atoms with van der Waals surface area (Å²) in [6.07, 6.45) is -0.270. The molecule has 0 amide bonds. The van der Waals surface area contributed by atoms with Gasteiger partial charge in [0.2, 0.25) is 0 Å². The molecule has 122 valence electrons. The van der Waals surface area contributed by atoms with Crippen LogP contribution in [0.4, 0.5) is 0 Å². The summed E-state index contributed by atoms with van der Waals surface area (Å²) in [6, 6.07) is 17.4. The van der Waals surface area contributed by atoms with Crippen LogP contribution in [0.25, 0.3) is 0 Å². The molecule has 0 heterocycles. The minimum atomic E-state index is -1.65. The van der Waals surface area contributed by atoms with E-state index in [9.17, 15) is 14.9 Å². The maximum absolute atomic E-state index is 12.6. The summed E-state index contributed by atoms with van der Waals surface area (Å²) in [5, 5.41) is 9.76. The van der Waals surface area contributed by atoms with Gasteiger partial charge in [0.05, 0.1) is 12.7 Å². The van der Waals surface area contributed by atoms with E-state index >= 15 is 0 Å². The Hall–Kier alpha value is -2.45. The van der Waals surface area contributed by atoms with Crippen molar-refractivity contribution in [2.75, 3.05) is 6.61 Å². The predicted octanol–water partition coefficient (Wildman–Crippen LogP) is 4.05. The molecule has 0 spiro atoms. The lowest BCUT2D eigenvalue weighted by molar-refractivity contribution is -0.147. The van der Waals surface area contributed by atoms with Crippen LogP contribution in [0.3, 0.4) is 0 Å². The highest BCUT2D eigenvalue weighted by Crippen LogP contribution is 2.31. The van der Waals surface area contributed by atoms with Crippen molar-refractivity contribution in [2.24, 2.45) is 0 Å². The van der Waals surface area contributed by atoms with Gasteiger partial charge in [0, 0.05) is 16.5 Å². The van der Waals surface area contributed by atoms with Crippen LogP contribution in [0.2, 0.25) is 0 Å². The van der Waals surface area contributed by atoms with Crippen LogP contribution in [0.15, 0.2) is 59.1 Å². The van der Waals surface area contributed by atoms with Gasteiger partial charge in [-0.2, -0.15) is 5.26 Å². The fraction of sp³-hybridized carbons (Fsp3) is 0.211. The number of halogens is 1. The molecule has 0 N–H and O–H groups in total. The molecule has 1 atom stereocenters. The molecule has 2 aromatic rings. The highest BCUT2D eigenvalue weighted by Gasteiger charge is 2.44. The van der Waals surface area contributed by atoms with Crippen molar-refractivity contribution in [1.29, 1.82) is 5.26 Å². The second-order valence-corrected chi connectivity index (χ2v) is 6.13. The molecule has 0 aromatic heterocycles. The Kier molecular flexibility index (Phi) is 5.88. The van der Waals surface area contributed by atoms with Gasteiger partial charge in [-0.15, -0.1) is 0 Å². The minimum absolute atomic E-state index is 0.140. The van der Waals surface area contributed by atoms with Gasteiger partial charge in [-0.05, 0) is 24.6 Å². The average molecular weight is 386 g/mol. The van der Waals surface area contributed by atoms with Crippen molar-refractivity contribution in [3.05, 3.63) is 70.2 Å². The zero-order valence-electron chi connectivity index (χ0n) is 13.2. The predicted molar refractivity (Wildman–Crippen MR) is 93.5 cm³/mol. The number of esters is 1. The molecule has 0 aliphatic carbocycles. The van der Waals surface area contributed by atoms with E-state index in [0.717, 1.165) is 4.47 Å². The van der Waals surface area contributed by atoms with Crippen LogP contribution in [0.5, 0.6) is 0 Å². The van der Waals surface area contributed by atoms with Crippen molar-refractivity contribution in [3.63, 3.8) is 0 Å². The monoisotopic (exact) mass is 385 g/mol. The van der Waals surface area contributed by atoms with Crippen molar-refractivity contribution >= 4 is 27.7 Å². The summed E-state index contributed by atoms with van der Waals surface area (Å²) in [6.45, 7) is 1.81. The first-order valence-electron chi connectivity index (χ1n) is 7.46. The van der Waals surface area contributed by atoms with Gasteiger partial charge in [0.1, 0.15) is 0 Å². The van der Waals surface area contributed by atoms with Gasteiger partial charge >= 0.3 is 5.97 Å². The molecule has 4 nitrogen and oxygen atoms in total. The van der Waals surface area contributed by atoms with Gasteiger partial charge in [0.15, 0.2) is 11.2 Å². The first-order valence-corrected chi connectivity index (χ1v) is 8.25. The van der Waals surface area contributed by atoms with Crippen molar-refractivity contribution < 1.29 is 14.3 Å². The molecule has 0 saturated carbocycles. The Balaban J connectivity index is 2.43. The number of rotatable bonds is 6. The molecular weight excluding hydrogens is 370 g/mol. The van der Waals surface area contributed by atoms with E-state index in [-0.39, 0.29) is 18.8 Å². The van der Waals surface area contributed by atoms with Gasteiger partial charge in [-0.1, -0.05) is 58.4 Å². The van der Waals surface area contributed by atoms with E-state index < -0.39 is 11.4 Å². The van der Waals surface area contributed by atoms with Crippen LogP contribution in [-0.2, 0) is 14.9 Å². The zero-order valence-corrected chi connectivity index (χ0v) is 14.7. The molecule has 0 saturated heterocycles. The fourth-order valence-corrected chi connectivity index (χ4v) is 2.66. The summed E-state index contributed by atoms with van der Waals surface area (Å²) in [5.74, 6) is -0.995. The number of nitrogens with zero attached hydrogens (tertiary/aromatic N) is 1. The van der Waals surface area contributed by atoms with E-state index in [0.29, 0.717) is 11.1 Å². The molecule has 0 bridgehead atoms.